The fraction of sp³-hybridized carbons (Fsp3) is 0.333. The molecule has 1 atom stereocenters. The van der Waals surface area contributed by atoms with E-state index in [4.69, 9.17) is 4.98 Å². The molecule has 172 valence electrons. The number of methoxy groups -OCH3 is 1. The quantitative estimate of drug-likeness (QED) is 0.233. The summed E-state index contributed by atoms with van der Waals surface area (Å²) in [6, 6.07) is 6.46. The second-order valence-corrected chi connectivity index (χ2v) is 10.1. The molecule has 1 aromatic carbocycles. The van der Waals surface area contributed by atoms with Gasteiger partial charge >= 0.3 is 5.97 Å². The fourth-order valence-electron chi connectivity index (χ4n) is 3.94. The van der Waals surface area contributed by atoms with E-state index < -0.39 is 5.97 Å². The van der Waals surface area contributed by atoms with Gasteiger partial charge in [0, 0.05) is 17.1 Å². The van der Waals surface area contributed by atoms with Crippen LogP contribution in [0.15, 0.2) is 46.9 Å². The third kappa shape index (κ3) is 4.89. The number of hydrogen-bond acceptors (Lipinski definition) is 7. The van der Waals surface area contributed by atoms with Crippen molar-refractivity contribution in [3.05, 3.63) is 63.3 Å². The number of nitrogens with zero attached hydrogens (tertiary/aromatic N) is 2. The molecule has 1 aliphatic carbocycles. The molecule has 0 unspecified atom stereocenters. The van der Waals surface area contributed by atoms with E-state index in [-0.39, 0.29) is 17.2 Å². The molecule has 0 fully saturated rings. The van der Waals surface area contributed by atoms with Crippen LogP contribution in [0.5, 0.6) is 0 Å². The number of rotatable bonds is 7. The van der Waals surface area contributed by atoms with E-state index >= 15 is 0 Å². The molecule has 1 N–H and O–H groups in total. The molecule has 0 spiro atoms. The van der Waals surface area contributed by atoms with Gasteiger partial charge in [0.1, 0.15) is 4.83 Å². The summed E-state index contributed by atoms with van der Waals surface area (Å²) in [5.41, 5.74) is 2.06. The van der Waals surface area contributed by atoms with E-state index in [1.54, 1.807) is 46.2 Å². The average Bonchev–Trinajstić information content (AvgIpc) is 3.17. The molecule has 1 amide bonds. The Morgan fingerprint density at radius 1 is 1.36 bits per heavy atom. The number of aryl methyl sites for hydroxylation is 1. The lowest BCUT2D eigenvalue weighted by Gasteiger charge is -2.17. The molecule has 0 saturated carbocycles. The van der Waals surface area contributed by atoms with Crippen molar-refractivity contribution in [2.24, 2.45) is 5.92 Å². The Bertz CT molecular complexity index is 1280. The van der Waals surface area contributed by atoms with Gasteiger partial charge in [-0.1, -0.05) is 24.8 Å². The van der Waals surface area contributed by atoms with Crippen molar-refractivity contribution in [3.63, 3.8) is 0 Å². The smallest absolute Gasteiger partial charge is 0.337 e. The first-order valence-electron chi connectivity index (χ1n) is 10.7. The van der Waals surface area contributed by atoms with Crippen LogP contribution in [0.3, 0.4) is 0 Å². The van der Waals surface area contributed by atoms with Crippen LogP contribution in [-0.2, 0) is 28.9 Å². The molecule has 0 radical (unpaired) electrons. The van der Waals surface area contributed by atoms with Crippen LogP contribution in [0, 0.1) is 5.92 Å². The maximum atomic E-state index is 13.3. The van der Waals surface area contributed by atoms with Crippen molar-refractivity contribution in [2.75, 3.05) is 18.2 Å². The molecule has 7 nitrogen and oxygen atoms in total. The molecule has 2 heterocycles. The van der Waals surface area contributed by atoms with Gasteiger partial charge in [0.05, 0.1) is 23.8 Å². The van der Waals surface area contributed by atoms with Gasteiger partial charge in [-0.05, 0) is 55.0 Å². The Balaban J connectivity index is 1.53. The highest BCUT2D eigenvalue weighted by molar-refractivity contribution is 7.99. The number of hydrogen-bond donors (Lipinski definition) is 1. The van der Waals surface area contributed by atoms with Gasteiger partial charge in [-0.3, -0.25) is 14.2 Å². The first-order valence-corrected chi connectivity index (χ1v) is 12.5. The number of esters is 1. The van der Waals surface area contributed by atoms with Crippen LogP contribution in [0.1, 0.15) is 34.1 Å². The zero-order valence-electron chi connectivity index (χ0n) is 18.6. The molecule has 4 rings (SSSR count). The molecule has 0 aliphatic heterocycles. The van der Waals surface area contributed by atoms with E-state index in [0.717, 1.165) is 35.0 Å². The van der Waals surface area contributed by atoms with Crippen LogP contribution in [0.2, 0.25) is 0 Å². The van der Waals surface area contributed by atoms with Gasteiger partial charge in [0.2, 0.25) is 5.91 Å². The molecule has 1 aliphatic rings. The Hall–Kier alpha value is -2.91. The molecular formula is C24H25N3O4S2. The van der Waals surface area contributed by atoms with Crippen molar-refractivity contribution in [2.45, 2.75) is 37.9 Å². The lowest BCUT2D eigenvalue weighted by Crippen LogP contribution is -2.24. The summed E-state index contributed by atoms with van der Waals surface area (Å²) in [4.78, 5) is 44.2. The monoisotopic (exact) mass is 483 g/mol. The SMILES string of the molecule is C=CCn1c(SCC(=O)Nc2ccc(C(=O)OC)cc2)nc2sc3c(c2c1=O)CC[C@H](C)C3. The zero-order valence-corrected chi connectivity index (χ0v) is 20.2. The summed E-state index contributed by atoms with van der Waals surface area (Å²) in [6.07, 6.45) is 4.64. The molecule has 0 saturated heterocycles. The predicted octanol–water partition coefficient (Wildman–Crippen LogP) is 4.29. The van der Waals surface area contributed by atoms with Crippen molar-refractivity contribution in [3.8, 4) is 0 Å². The maximum absolute atomic E-state index is 13.3. The number of amides is 1. The Labute approximate surface area is 199 Å². The second kappa shape index (κ2) is 9.93. The van der Waals surface area contributed by atoms with Crippen LogP contribution in [0.4, 0.5) is 5.69 Å². The summed E-state index contributed by atoms with van der Waals surface area (Å²) in [7, 11) is 1.32. The van der Waals surface area contributed by atoms with E-state index in [2.05, 4.69) is 23.6 Å². The van der Waals surface area contributed by atoms with Crippen LogP contribution < -0.4 is 10.9 Å². The number of thioether (sulfide) groups is 1. The summed E-state index contributed by atoms with van der Waals surface area (Å²) < 4.78 is 6.28. The normalized spacial score (nSPS) is 15.2. The maximum Gasteiger partial charge on any atom is 0.337 e. The summed E-state index contributed by atoms with van der Waals surface area (Å²) in [6.45, 7) is 6.34. The zero-order chi connectivity index (χ0) is 23.5. The van der Waals surface area contributed by atoms with Crippen LogP contribution >= 0.6 is 23.1 Å². The van der Waals surface area contributed by atoms with Gasteiger partial charge in [-0.25, -0.2) is 9.78 Å². The molecule has 9 heteroatoms. The van der Waals surface area contributed by atoms with Gasteiger partial charge in [-0.2, -0.15) is 0 Å². The number of fused-ring (bicyclic) bond motifs is 3. The predicted molar refractivity (Wildman–Crippen MR) is 132 cm³/mol. The topological polar surface area (TPSA) is 90.3 Å². The number of thiophene rings is 1. The molecular weight excluding hydrogens is 458 g/mol. The van der Waals surface area contributed by atoms with Gasteiger partial charge in [-0.15, -0.1) is 17.9 Å². The third-order valence-electron chi connectivity index (χ3n) is 5.61. The minimum absolute atomic E-state index is 0.0618. The first kappa shape index (κ1) is 23.3. The highest BCUT2D eigenvalue weighted by Crippen LogP contribution is 2.36. The number of benzene rings is 1. The number of allylic oxidation sites excluding steroid dienone is 1. The Morgan fingerprint density at radius 3 is 2.82 bits per heavy atom. The Morgan fingerprint density at radius 2 is 2.12 bits per heavy atom. The summed E-state index contributed by atoms with van der Waals surface area (Å²) in [5, 5.41) is 4.03. The number of anilines is 1. The van der Waals surface area contributed by atoms with Crippen molar-refractivity contribution >= 4 is 50.9 Å². The fourth-order valence-corrected chi connectivity index (χ4v) is 6.17. The van der Waals surface area contributed by atoms with Gasteiger partial charge < -0.3 is 10.1 Å². The van der Waals surface area contributed by atoms with Crippen LogP contribution in [0.25, 0.3) is 10.2 Å². The van der Waals surface area contributed by atoms with E-state index in [1.807, 2.05) is 0 Å². The first-order chi connectivity index (χ1) is 15.9. The lowest BCUT2D eigenvalue weighted by atomic mass is 9.89. The van der Waals surface area contributed by atoms with Crippen LogP contribution in [-0.4, -0.2) is 34.3 Å². The highest BCUT2D eigenvalue weighted by atomic mass is 32.2. The Kier molecular flexibility index (Phi) is 6.99. The molecule has 3 aromatic rings. The van der Waals surface area contributed by atoms with Gasteiger partial charge in [0.25, 0.3) is 5.56 Å². The number of aromatic nitrogens is 2. The van der Waals surface area contributed by atoms with Gasteiger partial charge in [0.15, 0.2) is 5.16 Å². The lowest BCUT2D eigenvalue weighted by molar-refractivity contribution is -0.113. The van der Waals surface area contributed by atoms with E-state index in [1.165, 1.54) is 23.7 Å². The second-order valence-electron chi connectivity index (χ2n) is 8.04. The van der Waals surface area contributed by atoms with Crippen molar-refractivity contribution < 1.29 is 14.3 Å². The molecule has 0 bridgehead atoms. The number of nitrogens with one attached hydrogen (secondary N) is 1. The molecule has 33 heavy (non-hydrogen) atoms. The number of carbonyl (C=O) groups is 2. The number of carbonyl (C=O) groups excluding carboxylic acids is 2. The minimum atomic E-state index is -0.435. The third-order valence-corrected chi connectivity index (χ3v) is 7.74. The van der Waals surface area contributed by atoms with E-state index in [9.17, 15) is 14.4 Å². The standard InChI is InChI=1S/C24H25N3O4S2/c1-4-11-27-22(29)20-17-10-5-14(2)12-18(17)33-21(20)26-24(27)32-13-19(28)25-16-8-6-15(7-9-16)23(30)31-3/h4,6-9,14H,1,5,10-13H2,2-3H3,(H,25,28)/t14-/m0/s1. The largest absolute Gasteiger partial charge is 0.465 e. The summed E-state index contributed by atoms with van der Waals surface area (Å²) >= 11 is 2.83. The molecule has 2 aromatic heterocycles. The van der Waals surface area contributed by atoms with Crippen molar-refractivity contribution in [1.82, 2.24) is 9.55 Å². The van der Waals surface area contributed by atoms with E-state index in [0.29, 0.717) is 28.9 Å². The average molecular weight is 484 g/mol. The van der Waals surface area contributed by atoms with Crippen molar-refractivity contribution in [1.29, 1.82) is 0 Å². The highest BCUT2D eigenvalue weighted by Gasteiger charge is 2.24. The summed E-state index contributed by atoms with van der Waals surface area (Å²) in [5.74, 6) is 0.0373. The minimum Gasteiger partial charge on any atom is -0.465 e. The number of ether oxygens (including phenoxy) is 1.